The second-order valence-corrected chi connectivity index (χ2v) is 7.15. The maximum Gasteiger partial charge on any atom is 0.240 e. The normalized spacial score (nSPS) is 14.3. The van der Waals surface area contributed by atoms with Gasteiger partial charge in [-0.3, -0.25) is 9.59 Å². The molecule has 2 aromatic rings. The molecule has 0 radical (unpaired) electrons. The minimum Gasteiger partial charge on any atom is -0.497 e. The van der Waals surface area contributed by atoms with Crippen molar-refractivity contribution in [1.82, 2.24) is 5.32 Å². The molecular formula is C20H22N2O4S. The van der Waals surface area contributed by atoms with Crippen molar-refractivity contribution in [2.45, 2.75) is 17.9 Å². The summed E-state index contributed by atoms with van der Waals surface area (Å²) in [5.41, 5.74) is 1.59. The van der Waals surface area contributed by atoms with E-state index in [4.69, 9.17) is 9.47 Å². The van der Waals surface area contributed by atoms with Gasteiger partial charge in [0, 0.05) is 10.5 Å². The van der Waals surface area contributed by atoms with E-state index in [0.29, 0.717) is 17.3 Å². The average Bonchev–Trinajstić information content (AvgIpc) is 2.69. The number of carbonyl (C=O) groups excluding carboxylic acids is 2. The van der Waals surface area contributed by atoms with Crippen LogP contribution in [0.1, 0.15) is 18.5 Å². The van der Waals surface area contributed by atoms with E-state index in [1.165, 1.54) is 16.7 Å². The topological polar surface area (TPSA) is 67.9 Å². The van der Waals surface area contributed by atoms with E-state index in [1.54, 1.807) is 26.4 Å². The van der Waals surface area contributed by atoms with Crippen molar-refractivity contribution in [1.29, 1.82) is 0 Å². The van der Waals surface area contributed by atoms with Crippen LogP contribution in [0.15, 0.2) is 47.4 Å². The highest BCUT2D eigenvalue weighted by Crippen LogP contribution is 2.35. The first-order valence-electron chi connectivity index (χ1n) is 8.57. The summed E-state index contributed by atoms with van der Waals surface area (Å²) in [5.74, 6) is 1.38. The van der Waals surface area contributed by atoms with E-state index in [9.17, 15) is 9.59 Å². The number of nitrogens with zero attached hydrogens (tertiary/aromatic N) is 1. The van der Waals surface area contributed by atoms with Crippen LogP contribution in [-0.4, -0.2) is 38.3 Å². The third-order valence-electron chi connectivity index (χ3n) is 4.39. The summed E-state index contributed by atoms with van der Waals surface area (Å²) in [6, 6.07) is 12.8. The Morgan fingerprint density at radius 1 is 1.22 bits per heavy atom. The zero-order valence-corrected chi connectivity index (χ0v) is 16.3. The van der Waals surface area contributed by atoms with Crippen molar-refractivity contribution in [3.63, 3.8) is 0 Å². The summed E-state index contributed by atoms with van der Waals surface area (Å²) in [4.78, 5) is 27.5. The van der Waals surface area contributed by atoms with Gasteiger partial charge in [0.15, 0.2) is 0 Å². The number of carbonyl (C=O) groups is 2. The summed E-state index contributed by atoms with van der Waals surface area (Å²) < 4.78 is 10.6. The molecule has 1 heterocycles. The smallest absolute Gasteiger partial charge is 0.240 e. The Kier molecular flexibility index (Phi) is 5.91. The number of rotatable bonds is 6. The molecule has 1 atom stereocenters. The number of para-hydroxylation sites is 1. The molecule has 0 aromatic heterocycles. The molecule has 0 unspecified atom stereocenters. The lowest BCUT2D eigenvalue weighted by Gasteiger charge is -2.29. The molecule has 7 heteroatoms. The van der Waals surface area contributed by atoms with Gasteiger partial charge in [0.2, 0.25) is 11.8 Å². The Bertz CT molecular complexity index is 856. The van der Waals surface area contributed by atoms with Crippen molar-refractivity contribution in [2.24, 2.45) is 0 Å². The molecule has 6 nitrogen and oxygen atoms in total. The van der Waals surface area contributed by atoms with Crippen LogP contribution >= 0.6 is 11.8 Å². The summed E-state index contributed by atoms with van der Waals surface area (Å²) in [6.07, 6.45) is 0. The number of ether oxygens (including phenoxy) is 2. The SMILES string of the molecule is COc1ccc(OC)c([C@H](C)NC(=O)CN2C(=O)CSc3ccccc32)c1. The van der Waals surface area contributed by atoms with E-state index in [1.807, 2.05) is 37.3 Å². The molecule has 27 heavy (non-hydrogen) atoms. The Labute approximate surface area is 162 Å². The molecule has 1 aliphatic heterocycles. The Balaban J connectivity index is 1.74. The van der Waals surface area contributed by atoms with Crippen LogP contribution in [-0.2, 0) is 9.59 Å². The Morgan fingerprint density at radius 3 is 2.74 bits per heavy atom. The van der Waals surface area contributed by atoms with Gasteiger partial charge in [-0.1, -0.05) is 12.1 Å². The quantitative estimate of drug-likeness (QED) is 0.827. The number of hydrogen-bond donors (Lipinski definition) is 1. The molecule has 0 bridgehead atoms. The third-order valence-corrected chi connectivity index (χ3v) is 5.44. The van der Waals surface area contributed by atoms with Crippen LogP contribution in [0.3, 0.4) is 0 Å². The number of fused-ring (bicyclic) bond motifs is 1. The summed E-state index contributed by atoms with van der Waals surface area (Å²) >= 11 is 1.49. The minimum absolute atomic E-state index is 0.0208. The molecule has 1 aliphatic rings. The molecule has 0 fully saturated rings. The number of amides is 2. The first kappa shape index (κ1) is 19.1. The van der Waals surface area contributed by atoms with Crippen LogP contribution in [0.25, 0.3) is 0 Å². The lowest BCUT2D eigenvalue weighted by Crippen LogP contribution is -2.43. The van der Waals surface area contributed by atoms with Crippen molar-refractivity contribution >= 4 is 29.3 Å². The predicted octanol–water partition coefficient (Wildman–Crippen LogP) is 3.02. The minimum atomic E-state index is -0.299. The molecule has 3 rings (SSSR count). The van der Waals surface area contributed by atoms with Gasteiger partial charge < -0.3 is 19.7 Å². The van der Waals surface area contributed by atoms with Crippen LogP contribution in [0, 0.1) is 0 Å². The highest BCUT2D eigenvalue weighted by Gasteiger charge is 2.27. The van der Waals surface area contributed by atoms with Gasteiger partial charge in [0.05, 0.1) is 31.7 Å². The number of nitrogens with one attached hydrogen (secondary N) is 1. The molecule has 0 saturated heterocycles. The van der Waals surface area contributed by atoms with E-state index >= 15 is 0 Å². The third kappa shape index (κ3) is 4.19. The van der Waals surface area contributed by atoms with Crippen molar-refractivity contribution in [3.8, 4) is 11.5 Å². The second kappa shape index (κ2) is 8.35. The lowest BCUT2D eigenvalue weighted by molar-refractivity contribution is -0.123. The molecule has 2 aromatic carbocycles. The van der Waals surface area contributed by atoms with E-state index < -0.39 is 0 Å². The number of benzene rings is 2. The fraction of sp³-hybridized carbons (Fsp3) is 0.300. The number of methoxy groups -OCH3 is 2. The molecule has 0 saturated carbocycles. The van der Waals surface area contributed by atoms with Gasteiger partial charge in [-0.05, 0) is 37.3 Å². The van der Waals surface area contributed by atoms with Gasteiger partial charge in [0.25, 0.3) is 0 Å². The largest absolute Gasteiger partial charge is 0.497 e. The van der Waals surface area contributed by atoms with E-state index in [2.05, 4.69) is 5.32 Å². The molecule has 0 aliphatic carbocycles. The van der Waals surface area contributed by atoms with E-state index in [-0.39, 0.29) is 24.4 Å². The van der Waals surface area contributed by atoms with Crippen molar-refractivity contribution in [2.75, 3.05) is 31.4 Å². The summed E-state index contributed by atoms with van der Waals surface area (Å²) in [6.45, 7) is 1.85. The van der Waals surface area contributed by atoms with Gasteiger partial charge in [-0.2, -0.15) is 0 Å². The molecule has 0 spiro atoms. The summed E-state index contributed by atoms with van der Waals surface area (Å²) in [5, 5.41) is 2.95. The fourth-order valence-corrected chi connectivity index (χ4v) is 3.95. The lowest BCUT2D eigenvalue weighted by atomic mass is 10.1. The maximum absolute atomic E-state index is 12.6. The van der Waals surface area contributed by atoms with Crippen LogP contribution in [0.2, 0.25) is 0 Å². The van der Waals surface area contributed by atoms with Gasteiger partial charge in [-0.25, -0.2) is 0 Å². The van der Waals surface area contributed by atoms with Crippen LogP contribution in [0.5, 0.6) is 11.5 Å². The van der Waals surface area contributed by atoms with Crippen LogP contribution < -0.4 is 19.7 Å². The average molecular weight is 386 g/mol. The molecule has 1 N–H and O–H groups in total. The zero-order valence-electron chi connectivity index (χ0n) is 15.5. The highest BCUT2D eigenvalue weighted by molar-refractivity contribution is 8.00. The fourth-order valence-electron chi connectivity index (χ4n) is 3.01. The van der Waals surface area contributed by atoms with Gasteiger partial charge in [0.1, 0.15) is 18.0 Å². The van der Waals surface area contributed by atoms with Crippen LogP contribution in [0.4, 0.5) is 5.69 Å². The monoisotopic (exact) mass is 386 g/mol. The first-order chi connectivity index (χ1) is 13.0. The number of anilines is 1. The summed E-state index contributed by atoms with van der Waals surface area (Å²) in [7, 11) is 3.17. The highest BCUT2D eigenvalue weighted by atomic mass is 32.2. The number of thioether (sulfide) groups is 1. The second-order valence-electron chi connectivity index (χ2n) is 6.13. The first-order valence-corrected chi connectivity index (χ1v) is 9.55. The predicted molar refractivity (Wildman–Crippen MR) is 106 cm³/mol. The molecular weight excluding hydrogens is 364 g/mol. The standard InChI is InChI=1S/C20H22N2O4S/c1-13(15-10-14(25-2)8-9-17(15)26-3)21-19(23)11-22-16-6-4-5-7-18(16)27-12-20(22)24/h4-10,13H,11-12H2,1-3H3,(H,21,23)/t13-/m0/s1. The van der Waals surface area contributed by atoms with E-state index in [0.717, 1.165) is 16.1 Å². The van der Waals surface area contributed by atoms with Gasteiger partial charge >= 0.3 is 0 Å². The number of hydrogen-bond acceptors (Lipinski definition) is 5. The molecule has 2 amide bonds. The molecule has 142 valence electrons. The van der Waals surface area contributed by atoms with Crippen molar-refractivity contribution in [3.05, 3.63) is 48.0 Å². The Morgan fingerprint density at radius 2 is 2.00 bits per heavy atom. The Hall–Kier alpha value is -2.67. The maximum atomic E-state index is 12.6. The zero-order chi connectivity index (χ0) is 19.4. The van der Waals surface area contributed by atoms with Gasteiger partial charge in [-0.15, -0.1) is 11.8 Å². The van der Waals surface area contributed by atoms with Crippen molar-refractivity contribution < 1.29 is 19.1 Å².